The second kappa shape index (κ2) is 10.5. The van der Waals surface area contributed by atoms with Crippen molar-refractivity contribution in [2.45, 2.75) is 29.4 Å². The molecule has 0 radical (unpaired) electrons. The Morgan fingerprint density at radius 1 is 1.03 bits per heavy atom. The molecule has 0 amide bonds. The van der Waals surface area contributed by atoms with Crippen LogP contribution in [-0.4, -0.2) is 53.1 Å². The number of hydrogen-bond acceptors (Lipinski definition) is 8. The van der Waals surface area contributed by atoms with E-state index in [1.807, 2.05) is 23.6 Å². The van der Waals surface area contributed by atoms with Gasteiger partial charge >= 0.3 is 0 Å². The maximum Gasteiger partial charge on any atom is 0.185 e. The first kappa shape index (κ1) is 24.8. The van der Waals surface area contributed by atoms with Gasteiger partial charge in [-0.25, -0.2) is 13.4 Å². The molecule has 10 heteroatoms. The smallest absolute Gasteiger partial charge is 0.185 e. The van der Waals surface area contributed by atoms with Crippen LogP contribution in [0.3, 0.4) is 0 Å². The highest BCUT2D eigenvalue weighted by Crippen LogP contribution is 2.35. The lowest BCUT2D eigenvalue weighted by atomic mass is 10.1. The fourth-order valence-corrected chi connectivity index (χ4v) is 7.43. The number of anilines is 1. The minimum atomic E-state index is -3.50. The molecule has 2 aromatic carbocycles. The van der Waals surface area contributed by atoms with E-state index in [0.717, 1.165) is 27.9 Å². The molecule has 1 fully saturated rings. The number of ether oxygens (including phenoxy) is 3. The largest absolute Gasteiger partial charge is 0.497 e. The molecule has 3 aromatic rings. The van der Waals surface area contributed by atoms with Gasteiger partial charge in [0, 0.05) is 41.0 Å². The van der Waals surface area contributed by atoms with Crippen LogP contribution in [0.1, 0.15) is 24.1 Å². The normalized spacial score (nSPS) is 14.8. The first-order valence-electron chi connectivity index (χ1n) is 10.8. The monoisotopic (exact) mass is 566 g/mol. The van der Waals surface area contributed by atoms with E-state index >= 15 is 0 Å². The van der Waals surface area contributed by atoms with Crippen LogP contribution >= 0.6 is 27.3 Å². The molecular weight excluding hydrogens is 540 g/mol. The fourth-order valence-electron chi connectivity index (χ4n) is 4.13. The van der Waals surface area contributed by atoms with Crippen LogP contribution in [-0.2, 0) is 16.3 Å². The van der Waals surface area contributed by atoms with E-state index in [2.05, 4.69) is 20.8 Å². The molecular formula is C24H27BrN2O5S2. The van der Waals surface area contributed by atoms with Gasteiger partial charge in [-0.05, 0) is 37.1 Å². The summed E-state index contributed by atoms with van der Waals surface area (Å²) in [6.45, 7) is 1.28. The van der Waals surface area contributed by atoms with Crippen LogP contribution in [0, 0.1) is 0 Å². The Morgan fingerprint density at radius 3 is 2.44 bits per heavy atom. The number of thiazole rings is 1. The SMILES string of the molecule is COc1ccc(Cc2csc(N3CCC(S(=O)(=O)c4cc(Br)ccc4OC)CC3)n2)c(OC)c1. The van der Waals surface area contributed by atoms with E-state index in [9.17, 15) is 8.42 Å². The van der Waals surface area contributed by atoms with E-state index in [1.54, 1.807) is 43.8 Å². The van der Waals surface area contributed by atoms with Crippen molar-refractivity contribution in [1.82, 2.24) is 4.98 Å². The molecule has 0 unspecified atom stereocenters. The maximum absolute atomic E-state index is 13.3. The van der Waals surface area contributed by atoms with Crippen LogP contribution in [0.25, 0.3) is 0 Å². The fraction of sp³-hybridized carbons (Fsp3) is 0.375. The second-order valence-electron chi connectivity index (χ2n) is 8.00. The molecule has 0 bridgehead atoms. The Hall–Kier alpha value is -2.30. The molecule has 0 saturated carbocycles. The molecule has 34 heavy (non-hydrogen) atoms. The third kappa shape index (κ3) is 5.18. The maximum atomic E-state index is 13.3. The summed E-state index contributed by atoms with van der Waals surface area (Å²) in [6.07, 6.45) is 1.73. The van der Waals surface area contributed by atoms with Crippen LogP contribution in [0.5, 0.6) is 17.2 Å². The van der Waals surface area contributed by atoms with E-state index < -0.39 is 15.1 Å². The Morgan fingerprint density at radius 2 is 1.76 bits per heavy atom. The minimum absolute atomic E-state index is 0.243. The number of benzene rings is 2. The van der Waals surface area contributed by atoms with Crippen molar-refractivity contribution < 1.29 is 22.6 Å². The summed E-state index contributed by atoms with van der Waals surface area (Å²) in [5.74, 6) is 1.89. The van der Waals surface area contributed by atoms with Gasteiger partial charge in [-0.2, -0.15) is 0 Å². The molecule has 2 heterocycles. The topological polar surface area (TPSA) is 78.0 Å². The van der Waals surface area contributed by atoms with E-state index in [4.69, 9.17) is 19.2 Å². The Bertz CT molecular complexity index is 1250. The van der Waals surface area contributed by atoms with Crippen LogP contribution in [0.15, 0.2) is 51.1 Å². The molecule has 182 valence electrons. The lowest BCUT2D eigenvalue weighted by molar-refractivity contribution is 0.391. The summed E-state index contributed by atoms with van der Waals surface area (Å²) in [7, 11) is 1.26. The average molecular weight is 568 g/mol. The Labute approximate surface area is 212 Å². The van der Waals surface area contributed by atoms with Crippen LogP contribution in [0.2, 0.25) is 0 Å². The molecule has 1 saturated heterocycles. The molecule has 0 atom stereocenters. The van der Waals surface area contributed by atoms with Crippen molar-refractivity contribution in [3.63, 3.8) is 0 Å². The summed E-state index contributed by atoms with van der Waals surface area (Å²) in [6, 6.07) is 10.9. The number of methoxy groups -OCH3 is 3. The highest BCUT2D eigenvalue weighted by molar-refractivity contribution is 9.10. The van der Waals surface area contributed by atoms with Crippen molar-refractivity contribution in [1.29, 1.82) is 0 Å². The third-order valence-electron chi connectivity index (χ3n) is 5.99. The van der Waals surface area contributed by atoms with Gasteiger partial charge in [0.25, 0.3) is 0 Å². The predicted molar refractivity (Wildman–Crippen MR) is 138 cm³/mol. The standard InChI is InChI=1S/C24H27BrN2O5S2/c1-30-19-6-4-16(22(14-19)32-3)12-18-15-33-24(26-18)27-10-8-20(9-11-27)34(28,29)23-13-17(25)5-7-21(23)31-2/h4-7,13-15,20H,8-12H2,1-3H3. The lowest BCUT2D eigenvalue weighted by Gasteiger charge is -2.31. The zero-order valence-corrected chi connectivity index (χ0v) is 22.5. The number of hydrogen-bond donors (Lipinski definition) is 0. The van der Waals surface area contributed by atoms with Gasteiger partial charge in [0.1, 0.15) is 22.1 Å². The van der Waals surface area contributed by atoms with E-state index in [0.29, 0.717) is 42.6 Å². The lowest BCUT2D eigenvalue weighted by Crippen LogP contribution is -2.39. The van der Waals surface area contributed by atoms with Gasteiger partial charge in [-0.1, -0.05) is 22.0 Å². The van der Waals surface area contributed by atoms with Gasteiger partial charge in [0.05, 0.1) is 32.3 Å². The highest BCUT2D eigenvalue weighted by Gasteiger charge is 2.34. The zero-order chi connectivity index (χ0) is 24.3. The Kier molecular flexibility index (Phi) is 7.69. The van der Waals surface area contributed by atoms with Gasteiger partial charge in [0.2, 0.25) is 0 Å². The highest BCUT2D eigenvalue weighted by atomic mass is 79.9. The summed E-state index contributed by atoms with van der Waals surface area (Å²) in [5, 5.41) is 2.52. The Balaban J connectivity index is 1.43. The molecule has 1 aromatic heterocycles. The summed E-state index contributed by atoms with van der Waals surface area (Å²) in [5.41, 5.74) is 1.99. The number of sulfone groups is 1. The molecule has 0 aliphatic carbocycles. The average Bonchev–Trinajstić information content (AvgIpc) is 3.33. The zero-order valence-electron chi connectivity index (χ0n) is 19.3. The molecule has 0 N–H and O–H groups in total. The summed E-state index contributed by atoms with van der Waals surface area (Å²) >= 11 is 4.96. The van der Waals surface area contributed by atoms with Gasteiger partial charge in [-0.15, -0.1) is 11.3 Å². The summed E-state index contributed by atoms with van der Waals surface area (Å²) < 4.78 is 43.5. The first-order valence-corrected chi connectivity index (χ1v) is 14.0. The summed E-state index contributed by atoms with van der Waals surface area (Å²) in [4.78, 5) is 7.23. The van der Waals surface area contributed by atoms with Crippen LogP contribution in [0.4, 0.5) is 5.13 Å². The number of nitrogens with zero attached hydrogens (tertiary/aromatic N) is 2. The van der Waals surface area contributed by atoms with Crippen LogP contribution < -0.4 is 19.1 Å². The quantitative estimate of drug-likeness (QED) is 0.381. The first-order chi connectivity index (χ1) is 16.3. The molecule has 1 aliphatic rings. The molecule has 0 spiro atoms. The van der Waals surface area contributed by atoms with Gasteiger partial charge in [0.15, 0.2) is 15.0 Å². The van der Waals surface area contributed by atoms with Gasteiger partial charge in [-0.3, -0.25) is 0 Å². The predicted octanol–water partition coefficient (Wildman–Crippen LogP) is 4.96. The number of piperidine rings is 1. The van der Waals surface area contributed by atoms with Crippen molar-refractivity contribution in [2.24, 2.45) is 0 Å². The third-order valence-corrected chi connectivity index (χ3v) is 9.71. The molecule has 4 rings (SSSR count). The minimum Gasteiger partial charge on any atom is -0.497 e. The van der Waals surface area contributed by atoms with E-state index in [1.165, 1.54) is 7.11 Å². The van der Waals surface area contributed by atoms with Crippen molar-refractivity contribution in [3.8, 4) is 17.2 Å². The number of halogens is 1. The van der Waals surface area contributed by atoms with Crippen molar-refractivity contribution in [3.05, 3.63) is 57.5 Å². The van der Waals surface area contributed by atoms with Crippen molar-refractivity contribution >= 4 is 42.2 Å². The van der Waals surface area contributed by atoms with E-state index in [-0.39, 0.29) is 4.90 Å². The van der Waals surface area contributed by atoms with Gasteiger partial charge < -0.3 is 19.1 Å². The number of aromatic nitrogens is 1. The van der Waals surface area contributed by atoms with Crippen molar-refractivity contribution in [2.75, 3.05) is 39.3 Å². The second-order valence-corrected chi connectivity index (χ2v) is 12.0. The molecule has 1 aliphatic heterocycles. The molecule has 7 nitrogen and oxygen atoms in total. The number of rotatable bonds is 8.